The lowest BCUT2D eigenvalue weighted by Gasteiger charge is -2.04. The van der Waals surface area contributed by atoms with Gasteiger partial charge in [-0.25, -0.2) is 4.79 Å². The van der Waals surface area contributed by atoms with Crippen LogP contribution in [0.25, 0.3) is 0 Å². The van der Waals surface area contributed by atoms with Crippen molar-refractivity contribution < 1.29 is 14.5 Å². The summed E-state index contributed by atoms with van der Waals surface area (Å²) in [5.41, 5.74) is -0.157. The van der Waals surface area contributed by atoms with Crippen molar-refractivity contribution in [2.75, 3.05) is 7.11 Å². The summed E-state index contributed by atoms with van der Waals surface area (Å²) in [6.45, 7) is 0. The number of benzene rings is 1. The van der Waals surface area contributed by atoms with Crippen LogP contribution >= 0.6 is 23.2 Å². The Labute approximate surface area is 101 Å². The van der Waals surface area contributed by atoms with Crippen LogP contribution in [0.3, 0.4) is 0 Å². The second-order valence-electron chi connectivity index (χ2n) is 2.86. The van der Waals surface area contributed by atoms with E-state index in [1.165, 1.54) is 12.1 Å². The Morgan fingerprint density at radius 1 is 1.56 bits per heavy atom. The SMILES string of the molecule is COC(=O)c1cc(CCl)cc(Cl)c1[N+](=O)[O-]. The Balaban J connectivity index is 3.46. The van der Waals surface area contributed by atoms with E-state index in [1.54, 1.807) is 0 Å². The van der Waals surface area contributed by atoms with Crippen molar-refractivity contribution in [1.82, 2.24) is 0 Å². The highest BCUT2D eigenvalue weighted by atomic mass is 35.5. The van der Waals surface area contributed by atoms with E-state index in [1.807, 2.05) is 0 Å². The molecule has 0 aromatic heterocycles. The zero-order valence-electron chi connectivity index (χ0n) is 8.20. The molecule has 0 saturated heterocycles. The first-order valence-corrected chi connectivity index (χ1v) is 5.03. The van der Waals surface area contributed by atoms with E-state index in [9.17, 15) is 14.9 Å². The number of halogens is 2. The first-order chi connectivity index (χ1) is 7.51. The summed E-state index contributed by atoms with van der Waals surface area (Å²) in [7, 11) is 1.13. The standard InChI is InChI=1S/C9H7Cl2NO4/c1-16-9(13)6-2-5(4-10)3-7(11)8(6)12(14)15/h2-3H,4H2,1H3. The molecule has 86 valence electrons. The van der Waals surface area contributed by atoms with Gasteiger partial charge >= 0.3 is 11.7 Å². The molecule has 0 aliphatic carbocycles. The number of methoxy groups -OCH3 is 1. The third-order valence-electron chi connectivity index (χ3n) is 1.87. The fourth-order valence-corrected chi connectivity index (χ4v) is 1.65. The molecule has 0 amide bonds. The summed E-state index contributed by atoms with van der Waals surface area (Å²) in [5.74, 6) is -0.720. The van der Waals surface area contributed by atoms with Crippen LogP contribution in [0.5, 0.6) is 0 Å². The maximum absolute atomic E-state index is 11.3. The predicted octanol–water partition coefficient (Wildman–Crippen LogP) is 2.77. The maximum atomic E-state index is 11.3. The Morgan fingerprint density at radius 2 is 2.19 bits per heavy atom. The van der Waals surface area contributed by atoms with Crippen LogP contribution in [0.15, 0.2) is 12.1 Å². The number of hydrogen-bond donors (Lipinski definition) is 0. The first kappa shape index (κ1) is 12.7. The molecule has 0 aliphatic heterocycles. The van der Waals surface area contributed by atoms with Gasteiger partial charge in [0.05, 0.1) is 12.0 Å². The summed E-state index contributed by atoms with van der Waals surface area (Å²) in [6.07, 6.45) is 0. The van der Waals surface area contributed by atoms with Crippen molar-refractivity contribution in [1.29, 1.82) is 0 Å². The zero-order chi connectivity index (χ0) is 12.3. The van der Waals surface area contributed by atoms with E-state index in [0.717, 1.165) is 7.11 Å². The van der Waals surface area contributed by atoms with Gasteiger partial charge < -0.3 is 4.74 Å². The molecule has 0 unspecified atom stereocenters. The summed E-state index contributed by atoms with van der Waals surface area (Å²) in [6, 6.07) is 2.64. The lowest BCUT2D eigenvalue weighted by atomic mass is 10.1. The molecule has 0 fully saturated rings. The monoisotopic (exact) mass is 263 g/mol. The summed E-state index contributed by atoms with van der Waals surface area (Å²) >= 11 is 11.3. The van der Waals surface area contributed by atoms with E-state index in [-0.39, 0.29) is 16.5 Å². The van der Waals surface area contributed by atoms with Crippen LogP contribution in [0, 0.1) is 10.1 Å². The molecule has 0 N–H and O–H groups in total. The maximum Gasteiger partial charge on any atom is 0.344 e. The molecule has 0 bridgehead atoms. The van der Waals surface area contributed by atoms with Crippen LogP contribution in [0.4, 0.5) is 5.69 Å². The number of nitro benzene ring substituents is 1. The summed E-state index contributed by atoms with van der Waals surface area (Å²) in [5, 5.41) is 10.6. The predicted molar refractivity (Wildman–Crippen MR) is 59.0 cm³/mol. The topological polar surface area (TPSA) is 69.4 Å². The normalized spacial score (nSPS) is 9.94. The Bertz CT molecular complexity index is 447. The smallest absolute Gasteiger partial charge is 0.344 e. The van der Waals surface area contributed by atoms with Gasteiger partial charge in [-0.2, -0.15) is 0 Å². The van der Waals surface area contributed by atoms with Gasteiger partial charge in [0.15, 0.2) is 0 Å². The Morgan fingerprint density at radius 3 is 2.62 bits per heavy atom. The quantitative estimate of drug-likeness (QED) is 0.364. The molecule has 0 atom stereocenters. The minimum Gasteiger partial charge on any atom is -0.465 e. The number of rotatable bonds is 3. The molecule has 0 heterocycles. The molecule has 0 radical (unpaired) electrons. The molecule has 1 aromatic rings. The highest BCUT2D eigenvalue weighted by Crippen LogP contribution is 2.31. The van der Waals surface area contributed by atoms with Gasteiger partial charge in [-0.15, -0.1) is 11.6 Å². The number of alkyl halides is 1. The number of nitrogens with zero attached hydrogens (tertiary/aromatic N) is 1. The lowest BCUT2D eigenvalue weighted by Crippen LogP contribution is -2.07. The van der Waals surface area contributed by atoms with E-state index in [4.69, 9.17) is 23.2 Å². The summed E-state index contributed by atoms with van der Waals surface area (Å²) in [4.78, 5) is 21.3. The highest BCUT2D eigenvalue weighted by Gasteiger charge is 2.25. The second kappa shape index (κ2) is 5.14. The van der Waals surface area contributed by atoms with Crippen molar-refractivity contribution in [2.45, 2.75) is 5.88 Å². The van der Waals surface area contributed by atoms with E-state index >= 15 is 0 Å². The van der Waals surface area contributed by atoms with Crippen molar-refractivity contribution in [3.8, 4) is 0 Å². The Hall–Kier alpha value is -1.33. The number of nitro groups is 1. The van der Waals surface area contributed by atoms with E-state index in [2.05, 4.69) is 4.74 Å². The molecule has 5 nitrogen and oxygen atoms in total. The molecule has 0 aliphatic rings. The van der Waals surface area contributed by atoms with Crippen LogP contribution in [0.1, 0.15) is 15.9 Å². The van der Waals surface area contributed by atoms with Gasteiger partial charge in [0, 0.05) is 5.88 Å². The van der Waals surface area contributed by atoms with Crippen LogP contribution in [-0.4, -0.2) is 18.0 Å². The van der Waals surface area contributed by atoms with Crippen LogP contribution in [0.2, 0.25) is 5.02 Å². The average molecular weight is 264 g/mol. The van der Waals surface area contributed by atoms with Gasteiger partial charge in [-0.3, -0.25) is 10.1 Å². The fraction of sp³-hybridized carbons (Fsp3) is 0.222. The number of esters is 1. The fourth-order valence-electron chi connectivity index (χ4n) is 1.18. The van der Waals surface area contributed by atoms with Crippen molar-refractivity contribution >= 4 is 34.9 Å². The number of hydrogen-bond acceptors (Lipinski definition) is 4. The molecule has 1 aromatic carbocycles. The molecule has 1 rings (SSSR count). The molecule has 0 spiro atoms. The van der Waals surface area contributed by atoms with Gasteiger partial charge in [-0.05, 0) is 17.7 Å². The zero-order valence-corrected chi connectivity index (χ0v) is 9.71. The third kappa shape index (κ3) is 2.43. The number of carbonyl (C=O) groups is 1. The Kier molecular flexibility index (Phi) is 4.09. The minimum atomic E-state index is -0.819. The number of carbonyl (C=O) groups excluding carboxylic acids is 1. The van der Waals surface area contributed by atoms with Gasteiger partial charge in [0.1, 0.15) is 10.6 Å². The average Bonchev–Trinajstić information content (AvgIpc) is 2.26. The van der Waals surface area contributed by atoms with Crippen molar-refractivity contribution in [3.05, 3.63) is 38.4 Å². The van der Waals surface area contributed by atoms with E-state index in [0.29, 0.717) is 5.56 Å². The molecule has 0 saturated carbocycles. The van der Waals surface area contributed by atoms with Crippen LogP contribution in [-0.2, 0) is 10.6 Å². The molecular formula is C9H7Cl2NO4. The van der Waals surface area contributed by atoms with Crippen molar-refractivity contribution in [3.63, 3.8) is 0 Å². The minimum absolute atomic E-state index is 0.0989. The van der Waals surface area contributed by atoms with Crippen LogP contribution < -0.4 is 0 Å². The van der Waals surface area contributed by atoms with Gasteiger partial charge in [0.25, 0.3) is 0 Å². The molecular weight excluding hydrogens is 257 g/mol. The second-order valence-corrected chi connectivity index (χ2v) is 3.53. The van der Waals surface area contributed by atoms with E-state index < -0.39 is 16.6 Å². The van der Waals surface area contributed by atoms with Crippen molar-refractivity contribution in [2.24, 2.45) is 0 Å². The third-order valence-corrected chi connectivity index (χ3v) is 2.46. The first-order valence-electron chi connectivity index (χ1n) is 4.12. The highest BCUT2D eigenvalue weighted by molar-refractivity contribution is 6.33. The van der Waals surface area contributed by atoms with Gasteiger partial charge in [0.2, 0.25) is 0 Å². The lowest BCUT2D eigenvalue weighted by molar-refractivity contribution is -0.385. The molecule has 7 heteroatoms. The summed E-state index contributed by atoms with van der Waals surface area (Å²) < 4.78 is 4.44. The van der Waals surface area contributed by atoms with Gasteiger partial charge in [-0.1, -0.05) is 11.6 Å². The number of ether oxygens (including phenoxy) is 1. The largest absolute Gasteiger partial charge is 0.465 e. The molecule has 16 heavy (non-hydrogen) atoms.